The lowest BCUT2D eigenvalue weighted by atomic mass is 9.88. The Balaban J connectivity index is 1.46. The molecule has 0 saturated carbocycles. The standard InChI is InChI=1S/C30H31N5O5/c1-20-25-27(32-35(29(25)38)22-11-6-3-7-12-22)26-23(28(37)31-21-9-4-2-5-10-21)19-24(36)40-30(26)34(20)14-8-13-33-15-17-39-18-16-33/h2-7,9-12,23H,8,13-19H2,1H3,(H,31,37). The van der Waals surface area contributed by atoms with Crippen LogP contribution in [0.1, 0.15) is 30.0 Å². The minimum Gasteiger partial charge on any atom is -0.409 e. The second-order valence-electron chi connectivity index (χ2n) is 10.1. The zero-order chi connectivity index (χ0) is 27.6. The van der Waals surface area contributed by atoms with E-state index in [1.54, 1.807) is 12.1 Å². The number of pyridine rings is 1. The highest BCUT2D eigenvalue weighted by Crippen LogP contribution is 2.43. The molecule has 206 valence electrons. The van der Waals surface area contributed by atoms with Gasteiger partial charge in [0.2, 0.25) is 11.8 Å². The SMILES string of the molecule is Cc1c2c(=O)n(-c3ccccc3)nc-2c2c(n1CCCN1CCOCC1)OC(=O)CC2C(=O)Nc1ccccc1. The number of morpholine rings is 1. The molecule has 1 fully saturated rings. The molecular weight excluding hydrogens is 510 g/mol. The molecule has 1 N–H and O–H groups in total. The number of nitrogens with zero attached hydrogens (tertiary/aromatic N) is 4. The van der Waals surface area contributed by atoms with Crippen LogP contribution in [-0.2, 0) is 20.9 Å². The molecule has 0 bridgehead atoms. The van der Waals surface area contributed by atoms with Crippen molar-refractivity contribution in [3.63, 3.8) is 0 Å². The number of nitrogens with one attached hydrogen (secondary N) is 1. The Labute approximate surface area is 231 Å². The van der Waals surface area contributed by atoms with Crippen molar-refractivity contribution >= 4 is 17.6 Å². The highest BCUT2D eigenvalue weighted by molar-refractivity contribution is 6.01. The number of para-hydroxylation sites is 2. The summed E-state index contributed by atoms with van der Waals surface area (Å²) in [6.45, 7) is 6.35. The molecule has 4 aliphatic heterocycles. The third kappa shape index (κ3) is 4.91. The molecule has 10 nitrogen and oxygen atoms in total. The highest BCUT2D eigenvalue weighted by Gasteiger charge is 2.41. The number of rotatable bonds is 7. The number of benzene rings is 2. The Hall–Kier alpha value is -4.28. The highest BCUT2D eigenvalue weighted by atomic mass is 16.5. The topological polar surface area (TPSA) is 108 Å². The summed E-state index contributed by atoms with van der Waals surface area (Å²) < 4.78 is 14.5. The first kappa shape index (κ1) is 26.0. The minimum atomic E-state index is -0.872. The van der Waals surface area contributed by atoms with E-state index in [1.807, 2.05) is 60.0 Å². The molecule has 0 spiro atoms. The minimum absolute atomic E-state index is 0.149. The van der Waals surface area contributed by atoms with Gasteiger partial charge in [-0.1, -0.05) is 36.4 Å². The van der Waals surface area contributed by atoms with E-state index in [2.05, 4.69) is 10.2 Å². The lowest BCUT2D eigenvalue weighted by Gasteiger charge is -2.30. The normalized spacial score (nSPS) is 17.4. The number of hydrogen-bond acceptors (Lipinski definition) is 7. The molecule has 40 heavy (non-hydrogen) atoms. The number of ether oxygens (including phenoxy) is 2. The van der Waals surface area contributed by atoms with Crippen LogP contribution in [0.2, 0.25) is 0 Å². The summed E-state index contributed by atoms with van der Waals surface area (Å²) >= 11 is 0. The Morgan fingerprint density at radius 1 is 1.00 bits per heavy atom. The summed E-state index contributed by atoms with van der Waals surface area (Å²) in [7, 11) is 0. The maximum atomic E-state index is 13.8. The smallest absolute Gasteiger partial charge is 0.313 e. The Morgan fingerprint density at radius 3 is 2.42 bits per heavy atom. The van der Waals surface area contributed by atoms with Crippen LogP contribution in [-0.4, -0.2) is 64.0 Å². The number of carbonyl (C=O) groups is 2. The molecular formula is C30H31N5O5. The fourth-order valence-corrected chi connectivity index (χ4v) is 5.56. The summed E-state index contributed by atoms with van der Waals surface area (Å²) in [5, 5.41) is 7.64. The van der Waals surface area contributed by atoms with Gasteiger partial charge in [-0.05, 0) is 37.6 Å². The maximum Gasteiger partial charge on any atom is 0.313 e. The van der Waals surface area contributed by atoms with Crippen molar-refractivity contribution in [2.45, 2.75) is 32.2 Å². The second kappa shape index (κ2) is 11.1. The number of aromatic nitrogens is 3. The first-order chi connectivity index (χ1) is 19.5. The molecule has 1 amide bonds. The summed E-state index contributed by atoms with van der Waals surface area (Å²) in [4.78, 5) is 42.7. The fourth-order valence-electron chi connectivity index (χ4n) is 5.56. The molecule has 0 aromatic heterocycles. The van der Waals surface area contributed by atoms with Gasteiger partial charge in [-0.2, -0.15) is 9.78 Å². The number of fused-ring (bicyclic) bond motifs is 3. The van der Waals surface area contributed by atoms with E-state index in [-0.39, 0.29) is 23.8 Å². The van der Waals surface area contributed by atoms with Crippen molar-refractivity contribution in [1.29, 1.82) is 0 Å². The van der Waals surface area contributed by atoms with Crippen LogP contribution < -0.4 is 15.6 Å². The van der Waals surface area contributed by atoms with Crippen molar-refractivity contribution in [3.05, 3.63) is 82.3 Å². The molecule has 6 rings (SSSR count). The zero-order valence-electron chi connectivity index (χ0n) is 22.3. The van der Waals surface area contributed by atoms with Gasteiger partial charge in [-0.3, -0.25) is 19.3 Å². The number of esters is 1. The summed E-state index contributed by atoms with van der Waals surface area (Å²) in [5.41, 5.74) is 2.88. The van der Waals surface area contributed by atoms with Gasteiger partial charge in [0.1, 0.15) is 5.69 Å². The third-order valence-electron chi connectivity index (χ3n) is 7.59. The van der Waals surface area contributed by atoms with Gasteiger partial charge in [0, 0.05) is 37.6 Å². The fraction of sp³-hybridized carbons (Fsp3) is 0.333. The zero-order valence-corrected chi connectivity index (χ0v) is 22.3. The van der Waals surface area contributed by atoms with Crippen LogP contribution in [0.4, 0.5) is 5.69 Å². The first-order valence-corrected chi connectivity index (χ1v) is 13.6. The van der Waals surface area contributed by atoms with Crippen LogP contribution in [0.15, 0.2) is 65.5 Å². The Bertz CT molecular complexity index is 1560. The van der Waals surface area contributed by atoms with Gasteiger partial charge in [-0.15, -0.1) is 0 Å². The number of anilines is 1. The van der Waals surface area contributed by atoms with Crippen LogP contribution in [0.25, 0.3) is 16.9 Å². The van der Waals surface area contributed by atoms with Gasteiger partial charge >= 0.3 is 5.97 Å². The van der Waals surface area contributed by atoms with Crippen LogP contribution in [0.3, 0.4) is 0 Å². The van der Waals surface area contributed by atoms with Crippen molar-refractivity contribution < 1.29 is 19.1 Å². The third-order valence-corrected chi connectivity index (χ3v) is 7.59. The lowest BCUT2D eigenvalue weighted by molar-refractivity contribution is -0.138. The molecule has 0 radical (unpaired) electrons. The van der Waals surface area contributed by atoms with Crippen LogP contribution in [0.5, 0.6) is 5.88 Å². The molecule has 4 heterocycles. The molecule has 10 heteroatoms. The van der Waals surface area contributed by atoms with Crippen molar-refractivity contribution in [1.82, 2.24) is 19.2 Å². The first-order valence-electron chi connectivity index (χ1n) is 13.6. The summed E-state index contributed by atoms with van der Waals surface area (Å²) in [6.07, 6.45) is 0.618. The van der Waals surface area contributed by atoms with E-state index in [0.717, 1.165) is 26.1 Å². The summed E-state index contributed by atoms with van der Waals surface area (Å²) in [5.74, 6) is -1.43. The number of hydrogen-bond donors (Lipinski definition) is 1. The van der Waals surface area contributed by atoms with Crippen molar-refractivity contribution in [2.24, 2.45) is 0 Å². The second-order valence-corrected chi connectivity index (χ2v) is 10.1. The van der Waals surface area contributed by atoms with E-state index in [9.17, 15) is 14.4 Å². The molecule has 1 unspecified atom stereocenters. The largest absolute Gasteiger partial charge is 0.409 e. The maximum absolute atomic E-state index is 13.8. The molecule has 0 aliphatic carbocycles. The lowest BCUT2D eigenvalue weighted by Crippen LogP contribution is -2.37. The predicted molar refractivity (Wildman–Crippen MR) is 149 cm³/mol. The summed E-state index contributed by atoms with van der Waals surface area (Å²) in [6, 6.07) is 18.3. The molecule has 1 saturated heterocycles. The van der Waals surface area contributed by atoms with Gasteiger partial charge < -0.3 is 19.4 Å². The van der Waals surface area contributed by atoms with Crippen molar-refractivity contribution in [2.75, 3.05) is 38.2 Å². The van der Waals surface area contributed by atoms with Gasteiger partial charge in [0.25, 0.3) is 5.56 Å². The van der Waals surface area contributed by atoms with E-state index in [1.165, 1.54) is 4.68 Å². The Morgan fingerprint density at radius 2 is 1.70 bits per heavy atom. The molecule has 1 atom stereocenters. The monoisotopic (exact) mass is 541 g/mol. The average Bonchev–Trinajstić information content (AvgIpc) is 3.33. The predicted octanol–water partition coefficient (Wildman–Crippen LogP) is 3.20. The average molecular weight is 542 g/mol. The Kier molecular flexibility index (Phi) is 7.19. The molecule has 2 aromatic carbocycles. The number of amides is 1. The van der Waals surface area contributed by atoms with E-state index in [4.69, 9.17) is 14.6 Å². The van der Waals surface area contributed by atoms with Crippen LogP contribution in [0, 0.1) is 6.92 Å². The van der Waals surface area contributed by atoms with E-state index >= 15 is 0 Å². The van der Waals surface area contributed by atoms with Gasteiger partial charge in [-0.25, -0.2) is 0 Å². The van der Waals surface area contributed by atoms with Gasteiger partial charge in [0.15, 0.2) is 0 Å². The van der Waals surface area contributed by atoms with Gasteiger partial charge in [0.05, 0.1) is 42.4 Å². The van der Waals surface area contributed by atoms with Crippen molar-refractivity contribution in [3.8, 4) is 22.8 Å². The number of carbonyl (C=O) groups excluding carboxylic acids is 2. The quantitative estimate of drug-likeness (QED) is 0.358. The van der Waals surface area contributed by atoms with E-state index < -0.39 is 11.9 Å². The molecule has 2 aromatic rings. The van der Waals surface area contributed by atoms with Crippen LogP contribution >= 0.6 is 0 Å². The molecule has 4 aliphatic rings. The van der Waals surface area contributed by atoms with E-state index in [0.29, 0.717) is 53.6 Å².